The van der Waals surface area contributed by atoms with Crippen molar-refractivity contribution in [1.29, 1.82) is 0 Å². The highest BCUT2D eigenvalue weighted by Crippen LogP contribution is 2.31. The van der Waals surface area contributed by atoms with Crippen LogP contribution in [0, 0.1) is 6.92 Å². The van der Waals surface area contributed by atoms with Gasteiger partial charge in [-0.15, -0.1) is 11.3 Å². The molecule has 1 aromatic heterocycles. The fourth-order valence-electron chi connectivity index (χ4n) is 3.26. The van der Waals surface area contributed by atoms with Gasteiger partial charge in [0.1, 0.15) is 0 Å². The van der Waals surface area contributed by atoms with E-state index in [1.807, 2.05) is 48.7 Å². The molecular formula is C25H22N2O3S2. The van der Waals surface area contributed by atoms with E-state index in [-0.39, 0.29) is 10.8 Å². The number of hydrogen-bond acceptors (Lipinski definition) is 4. The molecule has 32 heavy (non-hydrogen) atoms. The van der Waals surface area contributed by atoms with Crippen molar-refractivity contribution in [3.63, 3.8) is 0 Å². The van der Waals surface area contributed by atoms with Crippen LogP contribution in [0.25, 0.3) is 10.4 Å². The van der Waals surface area contributed by atoms with Crippen molar-refractivity contribution in [3.05, 3.63) is 101 Å². The van der Waals surface area contributed by atoms with E-state index in [2.05, 4.69) is 5.32 Å². The van der Waals surface area contributed by atoms with Gasteiger partial charge < -0.3 is 5.32 Å². The number of nitrogens with one attached hydrogen (secondary N) is 1. The van der Waals surface area contributed by atoms with Crippen molar-refractivity contribution in [3.8, 4) is 10.4 Å². The Morgan fingerprint density at radius 1 is 0.875 bits per heavy atom. The normalized spacial score (nSPS) is 11.2. The second kappa shape index (κ2) is 8.98. The first-order valence-corrected chi connectivity index (χ1v) is 12.3. The quantitative estimate of drug-likeness (QED) is 0.394. The Hall–Kier alpha value is -3.42. The van der Waals surface area contributed by atoms with Gasteiger partial charge in [-0.05, 0) is 60.8 Å². The van der Waals surface area contributed by atoms with Crippen molar-refractivity contribution in [2.45, 2.75) is 11.8 Å². The summed E-state index contributed by atoms with van der Waals surface area (Å²) >= 11 is 1.61. The van der Waals surface area contributed by atoms with Crippen molar-refractivity contribution in [1.82, 2.24) is 0 Å². The van der Waals surface area contributed by atoms with Crippen molar-refractivity contribution >= 4 is 38.6 Å². The van der Waals surface area contributed by atoms with Crippen LogP contribution in [0.4, 0.5) is 11.4 Å². The average Bonchev–Trinajstić information content (AvgIpc) is 3.34. The van der Waals surface area contributed by atoms with Gasteiger partial charge in [0.05, 0.1) is 10.6 Å². The van der Waals surface area contributed by atoms with Gasteiger partial charge >= 0.3 is 0 Å². The van der Waals surface area contributed by atoms with Crippen LogP contribution in [0.5, 0.6) is 0 Å². The molecule has 1 heterocycles. The molecule has 0 aliphatic carbocycles. The van der Waals surface area contributed by atoms with Gasteiger partial charge in [-0.3, -0.25) is 9.10 Å². The van der Waals surface area contributed by atoms with Gasteiger partial charge in [-0.25, -0.2) is 8.42 Å². The third-order valence-electron chi connectivity index (χ3n) is 5.13. The van der Waals surface area contributed by atoms with E-state index in [0.717, 1.165) is 21.7 Å². The van der Waals surface area contributed by atoms with E-state index >= 15 is 0 Å². The van der Waals surface area contributed by atoms with E-state index in [0.29, 0.717) is 11.3 Å². The number of sulfonamides is 1. The third kappa shape index (κ3) is 4.44. The summed E-state index contributed by atoms with van der Waals surface area (Å²) in [4.78, 5) is 14.1. The molecule has 0 spiro atoms. The molecule has 7 heteroatoms. The molecule has 0 saturated carbocycles. The zero-order chi connectivity index (χ0) is 22.7. The molecule has 162 valence electrons. The lowest BCUT2D eigenvalue weighted by Crippen LogP contribution is -2.26. The van der Waals surface area contributed by atoms with Gasteiger partial charge in [0, 0.05) is 28.7 Å². The topological polar surface area (TPSA) is 66.5 Å². The first-order chi connectivity index (χ1) is 15.4. The monoisotopic (exact) mass is 462 g/mol. The van der Waals surface area contributed by atoms with Gasteiger partial charge in [0.25, 0.3) is 15.9 Å². The molecule has 0 saturated heterocycles. The molecule has 0 bridgehead atoms. The first kappa shape index (κ1) is 21.8. The zero-order valence-corrected chi connectivity index (χ0v) is 19.3. The summed E-state index contributed by atoms with van der Waals surface area (Å²) in [7, 11) is -2.19. The predicted octanol–water partition coefficient (Wildman–Crippen LogP) is 5.80. The molecule has 1 amide bonds. The summed E-state index contributed by atoms with van der Waals surface area (Å²) in [6, 6.07) is 24.8. The molecule has 4 aromatic rings. The Kier molecular flexibility index (Phi) is 6.12. The maximum atomic E-state index is 12.9. The molecule has 0 aliphatic rings. The molecule has 0 atom stereocenters. The Morgan fingerprint density at radius 2 is 1.56 bits per heavy atom. The molecule has 0 unspecified atom stereocenters. The van der Waals surface area contributed by atoms with Crippen molar-refractivity contribution < 1.29 is 13.2 Å². The van der Waals surface area contributed by atoms with E-state index < -0.39 is 10.0 Å². The van der Waals surface area contributed by atoms with Crippen LogP contribution in [-0.4, -0.2) is 21.4 Å². The number of benzene rings is 3. The smallest absolute Gasteiger partial charge is 0.264 e. The molecule has 5 nitrogen and oxygen atoms in total. The van der Waals surface area contributed by atoms with E-state index in [9.17, 15) is 13.2 Å². The number of para-hydroxylation sites is 1. The molecular weight excluding hydrogens is 440 g/mol. The maximum absolute atomic E-state index is 12.9. The molecule has 3 aromatic carbocycles. The first-order valence-electron chi connectivity index (χ1n) is 9.96. The maximum Gasteiger partial charge on any atom is 0.264 e. The zero-order valence-electron chi connectivity index (χ0n) is 17.6. The second-order valence-electron chi connectivity index (χ2n) is 7.31. The summed E-state index contributed by atoms with van der Waals surface area (Å²) in [6.45, 7) is 1.91. The van der Waals surface area contributed by atoms with Crippen molar-refractivity contribution in [2.24, 2.45) is 0 Å². The molecule has 1 N–H and O–H groups in total. The van der Waals surface area contributed by atoms with E-state index in [1.54, 1.807) is 59.9 Å². The SMILES string of the molecule is Cc1ccc(S(=O)(=O)N(C)c2ccc(C(=O)Nc3ccccc3-c3cccs3)cc2)cc1. The standard InChI is InChI=1S/C25H22N2O3S2/c1-18-9-15-21(16-10-18)32(29,30)27(2)20-13-11-19(12-14-20)25(28)26-23-7-4-3-6-22(23)24-8-5-17-31-24/h3-17H,1-2H3,(H,26,28). The number of aryl methyl sites for hydroxylation is 1. The lowest BCUT2D eigenvalue weighted by molar-refractivity contribution is 0.102. The Bertz CT molecular complexity index is 1330. The van der Waals surface area contributed by atoms with Crippen LogP contribution in [0.1, 0.15) is 15.9 Å². The molecule has 0 aliphatic heterocycles. The summed E-state index contributed by atoms with van der Waals surface area (Å²) in [6.07, 6.45) is 0. The largest absolute Gasteiger partial charge is 0.321 e. The van der Waals surface area contributed by atoms with Crippen LogP contribution in [-0.2, 0) is 10.0 Å². The summed E-state index contributed by atoms with van der Waals surface area (Å²) in [5, 5.41) is 4.95. The second-order valence-corrected chi connectivity index (χ2v) is 10.2. The Labute approximate surface area is 192 Å². The van der Waals surface area contributed by atoms with Crippen LogP contribution in [0.2, 0.25) is 0 Å². The summed E-state index contributed by atoms with van der Waals surface area (Å²) < 4.78 is 27.0. The minimum atomic E-state index is -3.69. The van der Waals surface area contributed by atoms with Crippen LogP contribution >= 0.6 is 11.3 Å². The van der Waals surface area contributed by atoms with Gasteiger partial charge in [0.15, 0.2) is 0 Å². The van der Waals surface area contributed by atoms with Crippen LogP contribution in [0.15, 0.2) is 95.2 Å². The lowest BCUT2D eigenvalue weighted by atomic mass is 10.1. The highest BCUT2D eigenvalue weighted by atomic mass is 32.2. The van der Waals surface area contributed by atoms with Crippen LogP contribution < -0.4 is 9.62 Å². The number of amides is 1. The number of anilines is 2. The summed E-state index contributed by atoms with van der Waals surface area (Å²) in [5.74, 6) is -0.260. The molecule has 4 rings (SSSR count). The molecule has 0 fully saturated rings. The van der Waals surface area contributed by atoms with Gasteiger partial charge in [-0.1, -0.05) is 42.0 Å². The number of nitrogens with zero attached hydrogens (tertiary/aromatic N) is 1. The average molecular weight is 463 g/mol. The lowest BCUT2D eigenvalue weighted by Gasteiger charge is -2.20. The number of thiophene rings is 1. The van der Waals surface area contributed by atoms with E-state index in [1.165, 1.54) is 11.4 Å². The number of carbonyl (C=O) groups excluding carboxylic acids is 1. The minimum Gasteiger partial charge on any atom is -0.321 e. The fraction of sp³-hybridized carbons (Fsp3) is 0.0800. The highest BCUT2D eigenvalue weighted by Gasteiger charge is 2.21. The van der Waals surface area contributed by atoms with Gasteiger partial charge in [0.2, 0.25) is 0 Å². The number of carbonyl (C=O) groups is 1. The Morgan fingerprint density at radius 3 is 2.22 bits per heavy atom. The van der Waals surface area contributed by atoms with Crippen LogP contribution in [0.3, 0.4) is 0 Å². The highest BCUT2D eigenvalue weighted by molar-refractivity contribution is 7.92. The predicted molar refractivity (Wildman–Crippen MR) is 131 cm³/mol. The fourth-order valence-corrected chi connectivity index (χ4v) is 5.22. The van der Waals surface area contributed by atoms with Crippen molar-refractivity contribution in [2.75, 3.05) is 16.7 Å². The Balaban J connectivity index is 1.53. The van der Waals surface area contributed by atoms with E-state index in [4.69, 9.17) is 0 Å². The van der Waals surface area contributed by atoms with Gasteiger partial charge in [-0.2, -0.15) is 0 Å². The minimum absolute atomic E-state index is 0.220. The number of hydrogen-bond donors (Lipinski definition) is 1. The number of rotatable bonds is 6. The molecule has 0 radical (unpaired) electrons. The third-order valence-corrected chi connectivity index (χ3v) is 7.84. The summed E-state index contributed by atoms with van der Waals surface area (Å²) in [5.41, 5.74) is 3.58.